The van der Waals surface area contributed by atoms with Crippen LogP contribution in [-0.4, -0.2) is 30.6 Å². The van der Waals surface area contributed by atoms with Crippen LogP contribution in [0.1, 0.15) is 6.92 Å². The van der Waals surface area contributed by atoms with Crippen molar-refractivity contribution in [3.8, 4) is 0 Å². The van der Waals surface area contributed by atoms with Crippen LogP contribution < -0.4 is 16.0 Å². The van der Waals surface area contributed by atoms with Crippen molar-refractivity contribution in [3.63, 3.8) is 0 Å². The van der Waals surface area contributed by atoms with E-state index in [1.54, 1.807) is 6.20 Å². The quantitative estimate of drug-likeness (QED) is 0.685. The lowest BCUT2D eigenvalue weighted by Crippen LogP contribution is -2.26. The Bertz CT molecular complexity index is 343. The zero-order valence-electron chi connectivity index (χ0n) is 8.75. The molecule has 0 atom stereocenters. The average Bonchev–Trinajstić information content (AvgIpc) is 2.74. The van der Waals surface area contributed by atoms with E-state index >= 15 is 0 Å². The number of nitrogens with zero attached hydrogens (tertiary/aromatic N) is 2. The molecule has 2 rings (SSSR count). The van der Waals surface area contributed by atoms with Gasteiger partial charge in [0.1, 0.15) is 5.82 Å². The van der Waals surface area contributed by atoms with Gasteiger partial charge in [0, 0.05) is 13.1 Å². The lowest BCUT2D eigenvalue weighted by Gasteiger charge is -2.07. The van der Waals surface area contributed by atoms with Gasteiger partial charge in [-0.1, -0.05) is 0 Å². The number of aromatic nitrogens is 1. The molecule has 15 heavy (non-hydrogen) atoms. The molecule has 5 heteroatoms. The van der Waals surface area contributed by atoms with Crippen molar-refractivity contribution >= 4 is 17.5 Å². The van der Waals surface area contributed by atoms with Crippen molar-refractivity contribution < 1.29 is 0 Å². The summed E-state index contributed by atoms with van der Waals surface area (Å²) >= 11 is 0. The molecule has 0 saturated heterocycles. The molecule has 0 saturated carbocycles. The van der Waals surface area contributed by atoms with E-state index in [1.807, 2.05) is 19.1 Å². The summed E-state index contributed by atoms with van der Waals surface area (Å²) < 4.78 is 0. The van der Waals surface area contributed by atoms with Crippen LogP contribution in [0.25, 0.3) is 0 Å². The third-order valence-electron chi connectivity index (χ3n) is 2.06. The summed E-state index contributed by atoms with van der Waals surface area (Å²) in [4.78, 5) is 8.49. The molecule has 3 N–H and O–H groups in total. The maximum Gasteiger partial charge on any atom is 0.195 e. The molecular weight excluding hydrogens is 190 g/mol. The monoisotopic (exact) mass is 205 g/mol. The Kier molecular flexibility index (Phi) is 3.02. The van der Waals surface area contributed by atoms with E-state index in [1.165, 1.54) is 0 Å². The Balaban J connectivity index is 1.97. The van der Waals surface area contributed by atoms with Crippen LogP contribution in [0.3, 0.4) is 0 Å². The third kappa shape index (κ3) is 2.59. The summed E-state index contributed by atoms with van der Waals surface area (Å²) in [7, 11) is 0. The molecule has 0 aliphatic carbocycles. The predicted octanol–water partition coefficient (Wildman–Crippen LogP) is 0.885. The van der Waals surface area contributed by atoms with Crippen molar-refractivity contribution in [1.29, 1.82) is 0 Å². The van der Waals surface area contributed by atoms with Gasteiger partial charge in [-0.05, 0) is 19.1 Å². The molecule has 1 aromatic heterocycles. The van der Waals surface area contributed by atoms with E-state index in [-0.39, 0.29) is 0 Å². The van der Waals surface area contributed by atoms with Crippen molar-refractivity contribution in [1.82, 2.24) is 10.3 Å². The molecular formula is C10H15N5. The van der Waals surface area contributed by atoms with Crippen molar-refractivity contribution in [2.45, 2.75) is 6.92 Å². The molecule has 0 fully saturated rings. The second kappa shape index (κ2) is 4.63. The summed E-state index contributed by atoms with van der Waals surface area (Å²) in [6.07, 6.45) is 1.79. The second-order valence-corrected chi connectivity index (χ2v) is 3.24. The Morgan fingerprint density at radius 3 is 3.00 bits per heavy atom. The van der Waals surface area contributed by atoms with Crippen LogP contribution in [0.4, 0.5) is 11.5 Å². The van der Waals surface area contributed by atoms with Gasteiger partial charge in [0.05, 0.1) is 18.4 Å². The Morgan fingerprint density at radius 1 is 1.47 bits per heavy atom. The number of anilines is 2. The summed E-state index contributed by atoms with van der Waals surface area (Å²) in [5.41, 5.74) is 0.949. The number of guanidine groups is 1. The fourth-order valence-electron chi connectivity index (χ4n) is 1.37. The number of aliphatic imine (C=N–C) groups is 1. The first-order chi connectivity index (χ1) is 7.38. The van der Waals surface area contributed by atoms with Crippen LogP contribution in [0.5, 0.6) is 0 Å². The molecule has 0 aromatic carbocycles. The molecule has 0 bridgehead atoms. The molecule has 0 spiro atoms. The summed E-state index contributed by atoms with van der Waals surface area (Å²) in [5.74, 6) is 1.72. The molecule has 2 heterocycles. The van der Waals surface area contributed by atoms with E-state index in [0.29, 0.717) is 0 Å². The maximum absolute atomic E-state index is 4.25. The number of rotatable bonds is 3. The molecule has 0 radical (unpaired) electrons. The molecule has 1 aromatic rings. The first kappa shape index (κ1) is 9.76. The fourth-order valence-corrected chi connectivity index (χ4v) is 1.37. The van der Waals surface area contributed by atoms with Crippen LogP contribution in [-0.2, 0) is 0 Å². The van der Waals surface area contributed by atoms with Crippen molar-refractivity contribution in [2.75, 3.05) is 30.3 Å². The summed E-state index contributed by atoms with van der Waals surface area (Å²) in [6.45, 7) is 4.68. The lowest BCUT2D eigenvalue weighted by molar-refractivity contribution is 0.959. The van der Waals surface area contributed by atoms with Gasteiger partial charge in [-0.15, -0.1) is 0 Å². The van der Waals surface area contributed by atoms with Gasteiger partial charge >= 0.3 is 0 Å². The minimum atomic E-state index is 0.827. The maximum atomic E-state index is 4.25. The molecule has 0 unspecified atom stereocenters. The molecule has 1 aliphatic heterocycles. The predicted molar refractivity (Wildman–Crippen MR) is 62.3 cm³/mol. The van der Waals surface area contributed by atoms with E-state index in [0.717, 1.165) is 37.1 Å². The highest BCUT2D eigenvalue weighted by molar-refractivity contribution is 5.94. The minimum absolute atomic E-state index is 0.827. The van der Waals surface area contributed by atoms with Gasteiger partial charge in [0.15, 0.2) is 5.96 Å². The first-order valence-corrected chi connectivity index (χ1v) is 5.14. The van der Waals surface area contributed by atoms with E-state index in [2.05, 4.69) is 25.9 Å². The van der Waals surface area contributed by atoms with Crippen LogP contribution >= 0.6 is 0 Å². The molecule has 5 nitrogen and oxygen atoms in total. The summed E-state index contributed by atoms with van der Waals surface area (Å²) in [6, 6.07) is 3.93. The lowest BCUT2D eigenvalue weighted by atomic mass is 10.4. The van der Waals surface area contributed by atoms with Gasteiger partial charge in [-0.3, -0.25) is 4.99 Å². The van der Waals surface area contributed by atoms with Gasteiger partial charge < -0.3 is 16.0 Å². The highest BCUT2D eigenvalue weighted by atomic mass is 15.2. The van der Waals surface area contributed by atoms with E-state index in [9.17, 15) is 0 Å². The minimum Gasteiger partial charge on any atom is -0.370 e. The zero-order chi connectivity index (χ0) is 10.5. The van der Waals surface area contributed by atoms with Crippen molar-refractivity contribution in [2.24, 2.45) is 4.99 Å². The summed E-state index contributed by atoms with van der Waals surface area (Å²) in [5, 5.41) is 9.44. The highest BCUT2D eigenvalue weighted by Crippen LogP contribution is 2.09. The number of nitrogens with one attached hydrogen (secondary N) is 3. The van der Waals surface area contributed by atoms with Gasteiger partial charge in [-0.25, -0.2) is 4.98 Å². The molecule has 0 amide bonds. The van der Waals surface area contributed by atoms with Gasteiger partial charge in [-0.2, -0.15) is 0 Å². The largest absolute Gasteiger partial charge is 0.370 e. The second-order valence-electron chi connectivity index (χ2n) is 3.24. The Hall–Kier alpha value is -1.78. The number of hydrogen-bond donors (Lipinski definition) is 3. The number of hydrogen-bond acceptors (Lipinski definition) is 5. The number of pyridine rings is 1. The van der Waals surface area contributed by atoms with E-state index < -0.39 is 0 Å². The molecule has 80 valence electrons. The van der Waals surface area contributed by atoms with Gasteiger partial charge in [0.2, 0.25) is 0 Å². The Morgan fingerprint density at radius 2 is 2.40 bits per heavy atom. The van der Waals surface area contributed by atoms with E-state index in [4.69, 9.17) is 0 Å². The standard InChI is InChI=1S/C10H15N5/c1-2-11-9-4-3-8(7-14-9)15-10-12-5-6-13-10/h3-4,7H,2,5-6H2,1H3,(H,11,14)(H2,12,13,15). The van der Waals surface area contributed by atoms with Crippen LogP contribution in [0.2, 0.25) is 0 Å². The fraction of sp³-hybridized carbons (Fsp3) is 0.400. The van der Waals surface area contributed by atoms with Crippen molar-refractivity contribution in [3.05, 3.63) is 18.3 Å². The average molecular weight is 205 g/mol. The topological polar surface area (TPSA) is 61.3 Å². The highest BCUT2D eigenvalue weighted by Gasteiger charge is 2.04. The first-order valence-electron chi connectivity index (χ1n) is 5.14. The van der Waals surface area contributed by atoms with Gasteiger partial charge in [0.25, 0.3) is 0 Å². The van der Waals surface area contributed by atoms with Crippen LogP contribution in [0, 0.1) is 0 Å². The van der Waals surface area contributed by atoms with Crippen LogP contribution in [0.15, 0.2) is 23.3 Å². The third-order valence-corrected chi connectivity index (χ3v) is 2.06. The Labute approximate surface area is 89.0 Å². The SMILES string of the molecule is CCNc1ccc(NC2=NCCN2)cn1. The zero-order valence-corrected chi connectivity index (χ0v) is 8.75. The smallest absolute Gasteiger partial charge is 0.195 e. The molecule has 1 aliphatic rings. The normalized spacial score (nSPS) is 14.3.